The van der Waals surface area contributed by atoms with Gasteiger partial charge in [0.2, 0.25) is 0 Å². The summed E-state index contributed by atoms with van der Waals surface area (Å²) in [6.07, 6.45) is 3.07. The maximum atomic E-state index is 12.4. The third-order valence-corrected chi connectivity index (χ3v) is 3.71. The van der Waals surface area contributed by atoms with Gasteiger partial charge < -0.3 is 9.05 Å². The minimum atomic E-state index is -3.25. The van der Waals surface area contributed by atoms with Crippen LogP contribution in [0.4, 0.5) is 0 Å². The van der Waals surface area contributed by atoms with Crippen molar-refractivity contribution in [2.75, 3.05) is 13.2 Å². The predicted molar refractivity (Wildman–Crippen MR) is 66.0 cm³/mol. The monoisotopic (exact) mass is 238 g/mol. The zero-order valence-corrected chi connectivity index (χ0v) is 9.94. The van der Waals surface area contributed by atoms with E-state index < -0.39 is 7.60 Å². The summed E-state index contributed by atoms with van der Waals surface area (Å²) >= 11 is 0. The standard InChI is InChI=1S/C12H15O3P/c1-3-10-14-16(13,15-11-4-2)12-8-6-5-7-9-12/h3-9H,1-2,10-11H2. The highest BCUT2D eigenvalue weighted by atomic mass is 31.2. The zero-order chi connectivity index (χ0) is 11.9. The van der Waals surface area contributed by atoms with E-state index in [0.717, 1.165) is 0 Å². The van der Waals surface area contributed by atoms with Gasteiger partial charge in [-0.1, -0.05) is 30.4 Å². The lowest BCUT2D eigenvalue weighted by Gasteiger charge is -2.16. The van der Waals surface area contributed by atoms with Gasteiger partial charge in [0.25, 0.3) is 0 Å². The van der Waals surface area contributed by atoms with E-state index >= 15 is 0 Å². The number of hydrogen-bond donors (Lipinski definition) is 0. The summed E-state index contributed by atoms with van der Waals surface area (Å²) in [5.74, 6) is 0. The van der Waals surface area contributed by atoms with Crippen LogP contribution in [0.3, 0.4) is 0 Å². The molecule has 3 nitrogen and oxygen atoms in total. The lowest BCUT2D eigenvalue weighted by atomic mass is 10.4. The fourth-order valence-electron chi connectivity index (χ4n) is 1.10. The van der Waals surface area contributed by atoms with E-state index in [0.29, 0.717) is 5.30 Å². The van der Waals surface area contributed by atoms with Crippen molar-refractivity contribution < 1.29 is 13.6 Å². The summed E-state index contributed by atoms with van der Waals surface area (Å²) in [7, 11) is -3.25. The van der Waals surface area contributed by atoms with E-state index in [9.17, 15) is 4.57 Å². The van der Waals surface area contributed by atoms with Crippen molar-refractivity contribution >= 4 is 12.9 Å². The Morgan fingerprint density at radius 1 is 1.06 bits per heavy atom. The first-order valence-electron chi connectivity index (χ1n) is 4.89. The number of benzene rings is 1. The first-order valence-corrected chi connectivity index (χ1v) is 6.44. The molecule has 0 spiro atoms. The van der Waals surface area contributed by atoms with Gasteiger partial charge in [-0.2, -0.15) is 0 Å². The van der Waals surface area contributed by atoms with Gasteiger partial charge >= 0.3 is 7.60 Å². The second-order valence-corrected chi connectivity index (χ2v) is 5.03. The average molecular weight is 238 g/mol. The Morgan fingerprint density at radius 2 is 1.56 bits per heavy atom. The normalized spacial score (nSPS) is 11.0. The molecule has 0 aliphatic heterocycles. The molecule has 0 aliphatic rings. The van der Waals surface area contributed by atoms with Gasteiger partial charge in [-0.25, -0.2) is 0 Å². The van der Waals surface area contributed by atoms with Crippen LogP contribution >= 0.6 is 7.60 Å². The summed E-state index contributed by atoms with van der Waals surface area (Å²) < 4.78 is 22.9. The highest BCUT2D eigenvalue weighted by molar-refractivity contribution is 7.62. The van der Waals surface area contributed by atoms with Crippen LogP contribution in [0.25, 0.3) is 0 Å². The fourth-order valence-corrected chi connectivity index (χ4v) is 2.61. The molecule has 0 saturated carbocycles. The van der Waals surface area contributed by atoms with E-state index in [-0.39, 0.29) is 13.2 Å². The number of hydrogen-bond acceptors (Lipinski definition) is 3. The van der Waals surface area contributed by atoms with Crippen molar-refractivity contribution in [1.82, 2.24) is 0 Å². The Balaban J connectivity index is 2.89. The summed E-state index contributed by atoms with van der Waals surface area (Å²) in [5, 5.41) is 0.540. The third-order valence-electron chi connectivity index (χ3n) is 1.80. The van der Waals surface area contributed by atoms with Crippen molar-refractivity contribution in [3.8, 4) is 0 Å². The van der Waals surface area contributed by atoms with Crippen LogP contribution < -0.4 is 5.30 Å². The Bertz CT molecular complexity index is 371. The fraction of sp³-hybridized carbons (Fsp3) is 0.167. The maximum absolute atomic E-state index is 12.4. The molecule has 0 radical (unpaired) electrons. The van der Waals surface area contributed by atoms with Crippen molar-refractivity contribution in [3.63, 3.8) is 0 Å². The minimum absolute atomic E-state index is 0.184. The van der Waals surface area contributed by atoms with E-state index in [2.05, 4.69) is 13.2 Å². The highest BCUT2D eigenvalue weighted by Gasteiger charge is 2.26. The minimum Gasteiger partial charge on any atom is -0.301 e. The van der Waals surface area contributed by atoms with E-state index in [1.54, 1.807) is 24.3 Å². The van der Waals surface area contributed by atoms with Gasteiger partial charge in [-0.3, -0.25) is 4.57 Å². The van der Waals surface area contributed by atoms with Crippen LogP contribution in [-0.4, -0.2) is 13.2 Å². The first kappa shape index (κ1) is 12.9. The van der Waals surface area contributed by atoms with E-state index in [1.165, 1.54) is 12.2 Å². The molecule has 1 aromatic rings. The van der Waals surface area contributed by atoms with Crippen LogP contribution in [0, 0.1) is 0 Å². The van der Waals surface area contributed by atoms with E-state index in [4.69, 9.17) is 9.05 Å². The molecule has 0 N–H and O–H groups in total. The molecule has 16 heavy (non-hydrogen) atoms. The molecule has 1 rings (SSSR count). The second-order valence-electron chi connectivity index (χ2n) is 3.00. The number of rotatable bonds is 7. The SMILES string of the molecule is C=CCOP(=O)(OCC=C)c1ccccc1. The summed E-state index contributed by atoms with van der Waals surface area (Å²) in [6.45, 7) is 7.40. The van der Waals surface area contributed by atoms with Crippen LogP contribution in [0.5, 0.6) is 0 Å². The molecule has 0 atom stereocenters. The van der Waals surface area contributed by atoms with Gasteiger partial charge in [-0.15, -0.1) is 13.2 Å². The Hall–Kier alpha value is -1.15. The van der Waals surface area contributed by atoms with Gasteiger partial charge in [0.05, 0.1) is 18.5 Å². The molecule has 0 heterocycles. The van der Waals surface area contributed by atoms with Gasteiger partial charge in [0.15, 0.2) is 0 Å². The highest BCUT2D eigenvalue weighted by Crippen LogP contribution is 2.46. The third kappa shape index (κ3) is 3.46. The van der Waals surface area contributed by atoms with Crippen LogP contribution in [0.1, 0.15) is 0 Å². The van der Waals surface area contributed by atoms with Gasteiger partial charge in [0, 0.05) is 0 Å². The topological polar surface area (TPSA) is 35.5 Å². The van der Waals surface area contributed by atoms with Crippen LogP contribution in [0.15, 0.2) is 55.6 Å². The Kier molecular flexibility index (Phi) is 5.20. The molecule has 0 amide bonds. The van der Waals surface area contributed by atoms with Crippen LogP contribution in [-0.2, 0) is 13.6 Å². The van der Waals surface area contributed by atoms with E-state index in [1.807, 2.05) is 6.07 Å². The lowest BCUT2D eigenvalue weighted by molar-refractivity contribution is 0.247. The molecule has 1 aromatic carbocycles. The molecular formula is C12H15O3P. The summed E-state index contributed by atoms with van der Waals surface area (Å²) in [4.78, 5) is 0. The molecule has 0 aliphatic carbocycles. The second kappa shape index (κ2) is 6.44. The van der Waals surface area contributed by atoms with Crippen molar-refractivity contribution in [2.24, 2.45) is 0 Å². The average Bonchev–Trinajstić information content (AvgIpc) is 2.35. The zero-order valence-electron chi connectivity index (χ0n) is 9.04. The van der Waals surface area contributed by atoms with Crippen molar-refractivity contribution in [2.45, 2.75) is 0 Å². The molecule has 0 saturated heterocycles. The van der Waals surface area contributed by atoms with Crippen molar-refractivity contribution in [3.05, 3.63) is 55.6 Å². The molecule has 0 aromatic heterocycles. The van der Waals surface area contributed by atoms with Gasteiger partial charge in [0.1, 0.15) is 0 Å². The summed E-state index contributed by atoms with van der Waals surface area (Å²) in [5.41, 5.74) is 0. The molecule has 4 heteroatoms. The first-order chi connectivity index (χ1) is 7.73. The predicted octanol–water partition coefficient (Wildman–Crippen LogP) is 2.91. The Morgan fingerprint density at radius 3 is 2.00 bits per heavy atom. The molecule has 0 bridgehead atoms. The molecule has 0 fully saturated rings. The summed E-state index contributed by atoms with van der Waals surface area (Å²) in [6, 6.07) is 8.85. The van der Waals surface area contributed by atoms with Crippen molar-refractivity contribution in [1.29, 1.82) is 0 Å². The van der Waals surface area contributed by atoms with Gasteiger partial charge in [-0.05, 0) is 12.1 Å². The lowest BCUT2D eigenvalue weighted by Crippen LogP contribution is -2.10. The quantitative estimate of drug-likeness (QED) is 0.541. The molecule has 86 valence electrons. The molecular weight excluding hydrogens is 223 g/mol. The largest absolute Gasteiger partial charge is 0.361 e. The smallest absolute Gasteiger partial charge is 0.301 e. The van der Waals surface area contributed by atoms with Crippen LogP contribution in [0.2, 0.25) is 0 Å². The maximum Gasteiger partial charge on any atom is 0.361 e. The Labute approximate surface area is 95.9 Å². The molecule has 0 unspecified atom stereocenters.